The van der Waals surface area contributed by atoms with E-state index in [-0.39, 0.29) is 5.69 Å². The Hall–Kier alpha value is -2.94. The lowest BCUT2D eigenvalue weighted by Crippen LogP contribution is -2.51. The second kappa shape index (κ2) is 8.39. The molecule has 0 bridgehead atoms. The van der Waals surface area contributed by atoms with Crippen molar-refractivity contribution in [2.75, 3.05) is 13.2 Å². The van der Waals surface area contributed by atoms with E-state index >= 15 is 0 Å². The Balaban J connectivity index is 1.66. The summed E-state index contributed by atoms with van der Waals surface area (Å²) < 4.78 is 5.10. The molecule has 1 aliphatic heterocycles. The third-order valence-corrected chi connectivity index (χ3v) is 4.73. The molecule has 1 aromatic carbocycles. The van der Waals surface area contributed by atoms with E-state index in [9.17, 15) is 14.4 Å². The fourth-order valence-electron chi connectivity index (χ4n) is 3.09. The number of hydrogen-bond donors (Lipinski definition) is 1. The highest BCUT2D eigenvalue weighted by molar-refractivity contribution is 6.30. The molecule has 0 saturated carbocycles. The van der Waals surface area contributed by atoms with Crippen molar-refractivity contribution in [1.29, 1.82) is 0 Å². The number of likely N-dealkylation sites (tertiary alicyclic amines) is 1. The molecule has 0 aliphatic carbocycles. The van der Waals surface area contributed by atoms with E-state index in [1.165, 1.54) is 9.70 Å². The number of aromatic nitrogens is 3. The number of ether oxygens (including phenoxy) is 1. The molecule has 2 N–H and O–H groups in total. The molecule has 2 aromatic rings. The topological polar surface area (TPSA) is 120 Å². The Morgan fingerprint density at radius 1 is 1.29 bits per heavy atom. The molecule has 28 heavy (non-hydrogen) atoms. The lowest BCUT2D eigenvalue weighted by molar-refractivity contribution is -0.143. The number of benzene rings is 1. The van der Waals surface area contributed by atoms with Gasteiger partial charge in [-0.25, -0.2) is 4.79 Å². The molecule has 9 nitrogen and oxygen atoms in total. The monoisotopic (exact) mass is 405 g/mol. The molecule has 2 amide bonds. The number of halogens is 1. The van der Waals surface area contributed by atoms with E-state index < -0.39 is 30.4 Å². The zero-order valence-corrected chi connectivity index (χ0v) is 16.1. The molecular formula is C18H20ClN5O4. The van der Waals surface area contributed by atoms with Gasteiger partial charge in [0.05, 0.1) is 11.4 Å². The summed E-state index contributed by atoms with van der Waals surface area (Å²) in [5.41, 5.74) is 6.30. The second-order valence-corrected chi connectivity index (χ2v) is 6.92. The van der Waals surface area contributed by atoms with Gasteiger partial charge in [-0.1, -0.05) is 17.7 Å². The van der Waals surface area contributed by atoms with Crippen LogP contribution in [0.1, 0.15) is 35.4 Å². The number of carbonyl (C=O) groups excluding carboxylic acids is 3. The van der Waals surface area contributed by atoms with Crippen LogP contribution < -0.4 is 5.73 Å². The Labute approximate surface area is 166 Å². The largest absolute Gasteiger partial charge is 0.451 e. The molecule has 1 aliphatic rings. The SMILES string of the molecule is Cc1nn(-c2cccc(Cl)c2)nc1C(=O)OCC(=O)N1CCCC[C@@H]1C(N)=O. The van der Waals surface area contributed by atoms with Gasteiger partial charge in [0.2, 0.25) is 5.91 Å². The van der Waals surface area contributed by atoms with Gasteiger partial charge in [0.1, 0.15) is 6.04 Å². The molecule has 148 valence electrons. The van der Waals surface area contributed by atoms with Crippen LogP contribution in [0.15, 0.2) is 24.3 Å². The number of piperidine rings is 1. The zero-order chi connectivity index (χ0) is 20.3. The molecule has 1 saturated heterocycles. The van der Waals surface area contributed by atoms with Gasteiger partial charge in [-0.3, -0.25) is 9.59 Å². The van der Waals surface area contributed by atoms with E-state index in [4.69, 9.17) is 22.1 Å². The van der Waals surface area contributed by atoms with Crippen molar-refractivity contribution in [3.05, 3.63) is 40.7 Å². The molecule has 0 radical (unpaired) electrons. The van der Waals surface area contributed by atoms with Crippen LogP contribution >= 0.6 is 11.6 Å². The van der Waals surface area contributed by atoms with E-state index in [1.54, 1.807) is 31.2 Å². The van der Waals surface area contributed by atoms with Gasteiger partial charge in [-0.15, -0.1) is 5.10 Å². The maximum atomic E-state index is 12.4. The summed E-state index contributed by atoms with van der Waals surface area (Å²) in [5, 5.41) is 8.82. The highest BCUT2D eigenvalue weighted by Gasteiger charge is 2.31. The fraction of sp³-hybridized carbons (Fsp3) is 0.389. The minimum atomic E-state index is -0.772. The predicted octanol–water partition coefficient (Wildman–Crippen LogP) is 1.25. The molecule has 0 unspecified atom stereocenters. The first-order chi connectivity index (χ1) is 13.4. The number of esters is 1. The third-order valence-electron chi connectivity index (χ3n) is 4.49. The molecule has 10 heteroatoms. The fourth-order valence-corrected chi connectivity index (χ4v) is 3.27. The first kappa shape index (κ1) is 19.8. The quantitative estimate of drug-likeness (QED) is 0.747. The van der Waals surface area contributed by atoms with Crippen LogP contribution in [0, 0.1) is 6.92 Å². The van der Waals surface area contributed by atoms with E-state index in [2.05, 4.69) is 10.2 Å². The molecule has 1 aromatic heterocycles. The number of primary amides is 1. The minimum absolute atomic E-state index is 0.00197. The summed E-state index contributed by atoms with van der Waals surface area (Å²) in [4.78, 5) is 38.9. The third kappa shape index (κ3) is 4.30. The molecular weight excluding hydrogens is 386 g/mol. The molecule has 2 heterocycles. The first-order valence-corrected chi connectivity index (χ1v) is 9.20. The maximum absolute atomic E-state index is 12.4. The summed E-state index contributed by atoms with van der Waals surface area (Å²) in [5.74, 6) is -1.79. The van der Waals surface area contributed by atoms with Crippen LogP contribution in [0.2, 0.25) is 5.02 Å². The normalized spacial score (nSPS) is 16.6. The Bertz CT molecular complexity index is 913. The second-order valence-electron chi connectivity index (χ2n) is 6.48. The van der Waals surface area contributed by atoms with Crippen LogP contribution in [0.25, 0.3) is 5.69 Å². The Morgan fingerprint density at radius 3 is 2.79 bits per heavy atom. The highest BCUT2D eigenvalue weighted by Crippen LogP contribution is 2.18. The van der Waals surface area contributed by atoms with Crippen LogP contribution in [-0.2, 0) is 14.3 Å². The van der Waals surface area contributed by atoms with E-state index in [1.807, 2.05) is 0 Å². The van der Waals surface area contributed by atoms with Gasteiger partial charge in [0.15, 0.2) is 12.3 Å². The summed E-state index contributed by atoms with van der Waals surface area (Å²) >= 11 is 5.96. The number of rotatable bonds is 5. The average Bonchev–Trinajstić information content (AvgIpc) is 3.07. The van der Waals surface area contributed by atoms with Crippen molar-refractivity contribution in [2.24, 2.45) is 5.73 Å². The number of amides is 2. The number of nitrogens with two attached hydrogens (primary N) is 1. The number of hydrogen-bond acceptors (Lipinski definition) is 6. The Morgan fingerprint density at radius 2 is 2.07 bits per heavy atom. The van der Waals surface area contributed by atoms with Crippen LogP contribution in [0.4, 0.5) is 0 Å². The van der Waals surface area contributed by atoms with Gasteiger partial charge in [0, 0.05) is 11.6 Å². The van der Waals surface area contributed by atoms with Gasteiger partial charge in [-0.2, -0.15) is 9.90 Å². The van der Waals surface area contributed by atoms with Gasteiger partial charge in [-0.05, 0) is 44.4 Å². The average molecular weight is 406 g/mol. The van der Waals surface area contributed by atoms with Crippen molar-refractivity contribution >= 4 is 29.4 Å². The predicted molar refractivity (Wildman–Crippen MR) is 99.9 cm³/mol. The van der Waals surface area contributed by atoms with Crippen LogP contribution in [0.5, 0.6) is 0 Å². The number of aryl methyl sites for hydroxylation is 1. The Kier molecular flexibility index (Phi) is 5.93. The lowest BCUT2D eigenvalue weighted by Gasteiger charge is -2.33. The maximum Gasteiger partial charge on any atom is 0.361 e. The summed E-state index contributed by atoms with van der Waals surface area (Å²) in [6.45, 7) is 1.53. The van der Waals surface area contributed by atoms with Crippen LogP contribution in [0.3, 0.4) is 0 Å². The van der Waals surface area contributed by atoms with E-state index in [0.29, 0.717) is 29.4 Å². The molecule has 3 rings (SSSR count). The minimum Gasteiger partial charge on any atom is -0.451 e. The standard InChI is InChI=1S/C18H20ClN5O4/c1-11-16(22-24(21-11)13-6-4-5-12(19)9-13)18(27)28-10-15(25)23-8-3-2-7-14(23)17(20)26/h4-6,9,14H,2-3,7-8,10H2,1H3,(H2,20,26)/t14-/m1/s1. The molecule has 1 fully saturated rings. The van der Waals surface area contributed by atoms with E-state index in [0.717, 1.165) is 12.8 Å². The highest BCUT2D eigenvalue weighted by atomic mass is 35.5. The number of carbonyl (C=O) groups is 3. The first-order valence-electron chi connectivity index (χ1n) is 8.82. The van der Waals surface area contributed by atoms with Crippen molar-refractivity contribution in [3.8, 4) is 5.69 Å². The van der Waals surface area contributed by atoms with Gasteiger partial charge in [0.25, 0.3) is 5.91 Å². The smallest absolute Gasteiger partial charge is 0.361 e. The molecule has 0 spiro atoms. The van der Waals surface area contributed by atoms with Gasteiger partial charge >= 0.3 is 5.97 Å². The molecule has 1 atom stereocenters. The van der Waals surface area contributed by atoms with Crippen molar-refractivity contribution in [2.45, 2.75) is 32.2 Å². The van der Waals surface area contributed by atoms with Crippen molar-refractivity contribution < 1.29 is 19.1 Å². The summed E-state index contributed by atoms with van der Waals surface area (Å²) in [6, 6.07) is 6.18. The lowest BCUT2D eigenvalue weighted by atomic mass is 10.0. The summed E-state index contributed by atoms with van der Waals surface area (Å²) in [6.07, 6.45) is 2.11. The van der Waals surface area contributed by atoms with Gasteiger partial charge < -0.3 is 15.4 Å². The van der Waals surface area contributed by atoms with Crippen molar-refractivity contribution in [1.82, 2.24) is 19.9 Å². The zero-order valence-electron chi connectivity index (χ0n) is 15.3. The summed E-state index contributed by atoms with van der Waals surface area (Å²) in [7, 11) is 0. The number of nitrogens with zero attached hydrogens (tertiary/aromatic N) is 4. The van der Waals surface area contributed by atoms with Crippen LogP contribution in [-0.4, -0.2) is 56.9 Å². The van der Waals surface area contributed by atoms with Crippen molar-refractivity contribution in [3.63, 3.8) is 0 Å².